The molecule has 0 aliphatic carbocycles. The maximum atomic E-state index is 13.6. The smallest absolute Gasteiger partial charge is 0.282 e. The summed E-state index contributed by atoms with van der Waals surface area (Å²) in [4.78, 5) is 34.0. The van der Waals surface area contributed by atoms with Gasteiger partial charge < -0.3 is 15.5 Å². The quantitative estimate of drug-likeness (QED) is 0.455. The summed E-state index contributed by atoms with van der Waals surface area (Å²) in [7, 11) is 0. The first-order valence-corrected chi connectivity index (χ1v) is 11.1. The molecule has 4 heterocycles. The van der Waals surface area contributed by atoms with Gasteiger partial charge in [0, 0.05) is 23.3 Å². The second kappa shape index (κ2) is 8.86. The number of benzene rings is 1. The van der Waals surface area contributed by atoms with Crippen LogP contribution in [0.4, 0.5) is 20.3 Å². The molecule has 3 aromatic heterocycles. The molecular formula is C25H23F2N7O. The van der Waals surface area contributed by atoms with Crippen LogP contribution in [-0.4, -0.2) is 49.8 Å². The minimum atomic E-state index is -2.66. The normalized spacial score (nSPS) is 14.5. The Labute approximate surface area is 200 Å². The van der Waals surface area contributed by atoms with Crippen LogP contribution in [0.1, 0.15) is 27.4 Å². The highest BCUT2D eigenvalue weighted by molar-refractivity contribution is 5.98. The van der Waals surface area contributed by atoms with Crippen molar-refractivity contribution in [2.45, 2.75) is 25.9 Å². The van der Waals surface area contributed by atoms with Crippen LogP contribution in [0, 0.1) is 6.92 Å². The molecule has 1 fully saturated rings. The van der Waals surface area contributed by atoms with Gasteiger partial charge >= 0.3 is 0 Å². The predicted octanol–water partition coefficient (Wildman–Crippen LogP) is 3.61. The molecule has 1 amide bonds. The van der Waals surface area contributed by atoms with Crippen molar-refractivity contribution in [2.75, 3.05) is 23.7 Å². The van der Waals surface area contributed by atoms with E-state index in [1.54, 1.807) is 64.8 Å². The molecule has 2 N–H and O–H groups in total. The number of fused-ring (bicyclic) bond motifs is 1. The van der Waals surface area contributed by atoms with Gasteiger partial charge in [-0.2, -0.15) is 0 Å². The third-order valence-corrected chi connectivity index (χ3v) is 5.90. The Morgan fingerprint density at radius 3 is 2.54 bits per heavy atom. The third-order valence-electron chi connectivity index (χ3n) is 5.90. The average molecular weight is 476 g/mol. The van der Waals surface area contributed by atoms with Crippen molar-refractivity contribution in [1.82, 2.24) is 24.8 Å². The van der Waals surface area contributed by atoms with Crippen LogP contribution in [-0.2, 0) is 13.1 Å². The SMILES string of the molecule is Cc1cc2cc(C(=O)N(Cc3ccc(N4CC(F)(F)C4)cn3)Cc3ncccn3)ccc2nc1N. The summed E-state index contributed by atoms with van der Waals surface area (Å²) in [6.07, 6.45) is 4.80. The van der Waals surface area contributed by atoms with E-state index in [-0.39, 0.29) is 32.1 Å². The molecule has 1 saturated heterocycles. The van der Waals surface area contributed by atoms with E-state index in [1.165, 1.54) is 0 Å². The van der Waals surface area contributed by atoms with Gasteiger partial charge in [0.05, 0.1) is 49.3 Å². The molecular weight excluding hydrogens is 452 g/mol. The van der Waals surface area contributed by atoms with Gasteiger partial charge in [0.15, 0.2) is 0 Å². The number of aromatic nitrogens is 4. The summed E-state index contributed by atoms with van der Waals surface area (Å²) in [5.74, 6) is -1.93. The molecule has 0 spiro atoms. The van der Waals surface area contributed by atoms with Gasteiger partial charge in [-0.25, -0.2) is 23.7 Å². The number of amides is 1. The fraction of sp³-hybridized carbons (Fsp3) is 0.240. The lowest BCUT2D eigenvalue weighted by Gasteiger charge is -2.40. The number of anilines is 2. The van der Waals surface area contributed by atoms with E-state index < -0.39 is 5.92 Å². The first-order valence-electron chi connectivity index (χ1n) is 11.1. The Bertz CT molecular complexity index is 1370. The fourth-order valence-electron chi connectivity index (χ4n) is 3.98. The zero-order valence-corrected chi connectivity index (χ0v) is 19.0. The predicted molar refractivity (Wildman–Crippen MR) is 128 cm³/mol. The Hall–Kier alpha value is -4.21. The Kier molecular flexibility index (Phi) is 5.72. The topological polar surface area (TPSA) is 101 Å². The minimum absolute atomic E-state index is 0.179. The van der Waals surface area contributed by atoms with Crippen LogP contribution in [0.5, 0.6) is 0 Å². The summed E-state index contributed by atoms with van der Waals surface area (Å²) in [6, 6.07) is 12.4. The number of carbonyl (C=O) groups is 1. The zero-order chi connectivity index (χ0) is 24.6. The second-order valence-corrected chi connectivity index (χ2v) is 8.64. The number of carbonyl (C=O) groups excluding carboxylic acids is 1. The van der Waals surface area contributed by atoms with Crippen molar-refractivity contribution in [1.29, 1.82) is 0 Å². The monoisotopic (exact) mass is 475 g/mol. The summed E-state index contributed by atoms with van der Waals surface area (Å²) in [5, 5.41) is 0.812. The summed E-state index contributed by atoms with van der Waals surface area (Å²) in [6.45, 7) is 1.62. The highest BCUT2D eigenvalue weighted by Crippen LogP contribution is 2.31. The molecule has 1 aliphatic rings. The molecule has 1 aliphatic heterocycles. The molecule has 0 radical (unpaired) electrons. The summed E-state index contributed by atoms with van der Waals surface area (Å²) >= 11 is 0. The number of pyridine rings is 2. The number of alkyl halides is 2. The zero-order valence-electron chi connectivity index (χ0n) is 19.0. The van der Waals surface area contributed by atoms with Crippen molar-refractivity contribution in [3.8, 4) is 0 Å². The van der Waals surface area contributed by atoms with Gasteiger partial charge in [-0.05, 0) is 55.0 Å². The Morgan fingerprint density at radius 1 is 1.09 bits per heavy atom. The van der Waals surface area contributed by atoms with E-state index in [4.69, 9.17) is 5.73 Å². The van der Waals surface area contributed by atoms with E-state index in [2.05, 4.69) is 19.9 Å². The van der Waals surface area contributed by atoms with E-state index in [9.17, 15) is 13.6 Å². The Morgan fingerprint density at radius 2 is 1.86 bits per heavy atom. The highest BCUT2D eigenvalue weighted by Gasteiger charge is 2.44. The number of rotatable bonds is 6. The molecule has 35 heavy (non-hydrogen) atoms. The van der Waals surface area contributed by atoms with E-state index in [0.717, 1.165) is 10.9 Å². The van der Waals surface area contributed by atoms with Gasteiger partial charge in [0.25, 0.3) is 11.8 Å². The van der Waals surface area contributed by atoms with Crippen molar-refractivity contribution >= 4 is 28.3 Å². The largest absolute Gasteiger partial charge is 0.383 e. The number of halogens is 2. The first kappa shape index (κ1) is 22.6. The highest BCUT2D eigenvalue weighted by atomic mass is 19.3. The molecule has 0 bridgehead atoms. The number of nitrogens with two attached hydrogens (primary N) is 1. The van der Waals surface area contributed by atoms with Crippen molar-refractivity contribution in [3.05, 3.63) is 83.7 Å². The van der Waals surface area contributed by atoms with Crippen LogP contribution in [0.2, 0.25) is 0 Å². The lowest BCUT2D eigenvalue weighted by Crippen LogP contribution is -2.56. The van der Waals surface area contributed by atoms with Crippen LogP contribution < -0.4 is 10.6 Å². The van der Waals surface area contributed by atoms with E-state index in [0.29, 0.717) is 34.1 Å². The van der Waals surface area contributed by atoms with E-state index in [1.807, 2.05) is 13.0 Å². The summed E-state index contributed by atoms with van der Waals surface area (Å²) in [5.41, 5.74) is 9.18. The molecule has 5 rings (SSSR count). The number of aryl methyl sites for hydroxylation is 1. The molecule has 8 nitrogen and oxygen atoms in total. The minimum Gasteiger partial charge on any atom is -0.383 e. The molecule has 178 valence electrons. The average Bonchev–Trinajstić information content (AvgIpc) is 2.83. The molecule has 1 aromatic carbocycles. The molecule has 0 atom stereocenters. The maximum Gasteiger partial charge on any atom is 0.282 e. The lowest BCUT2D eigenvalue weighted by molar-refractivity contribution is -0.0262. The van der Waals surface area contributed by atoms with Gasteiger partial charge in [0.2, 0.25) is 0 Å². The standard InChI is InChI=1S/C25H23F2N7O/c1-16-9-18-10-17(3-6-21(18)32-23(16)28)24(35)33(13-22-29-7-2-8-30-22)12-19-4-5-20(11-31-19)34-14-25(26,27)15-34/h2-11H,12-15H2,1H3,(H2,28,32). The maximum absolute atomic E-state index is 13.6. The number of hydrogen-bond acceptors (Lipinski definition) is 7. The number of hydrogen-bond donors (Lipinski definition) is 1. The van der Waals surface area contributed by atoms with Crippen LogP contribution in [0.3, 0.4) is 0 Å². The lowest BCUT2D eigenvalue weighted by atomic mass is 10.1. The Balaban J connectivity index is 1.40. The molecule has 10 heteroatoms. The number of nitrogens with zero attached hydrogens (tertiary/aromatic N) is 6. The van der Waals surface area contributed by atoms with Crippen LogP contribution >= 0.6 is 0 Å². The van der Waals surface area contributed by atoms with Gasteiger partial charge in [-0.3, -0.25) is 9.78 Å². The molecule has 0 unspecified atom stereocenters. The summed E-state index contributed by atoms with van der Waals surface area (Å²) < 4.78 is 26.4. The van der Waals surface area contributed by atoms with Crippen LogP contribution in [0.25, 0.3) is 10.9 Å². The van der Waals surface area contributed by atoms with Gasteiger partial charge in [0.1, 0.15) is 11.6 Å². The van der Waals surface area contributed by atoms with Gasteiger partial charge in [-0.1, -0.05) is 0 Å². The van der Waals surface area contributed by atoms with Crippen molar-refractivity contribution in [2.24, 2.45) is 0 Å². The first-order chi connectivity index (χ1) is 16.8. The fourth-order valence-corrected chi connectivity index (χ4v) is 3.98. The van der Waals surface area contributed by atoms with Crippen molar-refractivity contribution < 1.29 is 13.6 Å². The number of nitrogen functional groups attached to an aromatic ring is 1. The second-order valence-electron chi connectivity index (χ2n) is 8.64. The van der Waals surface area contributed by atoms with Crippen molar-refractivity contribution in [3.63, 3.8) is 0 Å². The third kappa shape index (κ3) is 4.86. The molecule has 4 aromatic rings. The molecule has 0 saturated carbocycles. The van der Waals surface area contributed by atoms with E-state index >= 15 is 0 Å². The van der Waals surface area contributed by atoms with Gasteiger partial charge in [-0.15, -0.1) is 0 Å². The van der Waals surface area contributed by atoms with Crippen LogP contribution in [0.15, 0.2) is 61.1 Å².